The lowest BCUT2D eigenvalue weighted by molar-refractivity contribution is -0.192. The molecular formula is C26H27ClF3N5O4. The predicted octanol–water partition coefficient (Wildman–Crippen LogP) is 4.61. The molecule has 1 aliphatic heterocycles. The van der Waals surface area contributed by atoms with E-state index in [9.17, 15) is 23.1 Å². The number of hydrogen-bond acceptors (Lipinski definition) is 7. The van der Waals surface area contributed by atoms with Crippen LogP contribution in [0.5, 0.6) is 0 Å². The fourth-order valence-electron chi connectivity index (χ4n) is 4.06. The Morgan fingerprint density at radius 2 is 1.79 bits per heavy atom. The molecule has 1 amide bonds. The molecule has 1 saturated heterocycles. The van der Waals surface area contributed by atoms with Crippen LogP contribution in [0, 0.1) is 0 Å². The van der Waals surface area contributed by atoms with Gasteiger partial charge in [0, 0.05) is 49.9 Å². The molecule has 3 aromatic rings. The number of rotatable bonds is 6. The molecule has 3 heterocycles. The Morgan fingerprint density at radius 1 is 1.13 bits per heavy atom. The minimum absolute atomic E-state index is 0.0581. The molecule has 1 fully saturated rings. The number of carbonyl (C=O) groups is 2. The molecule has 0 radical (unpaired) electrons. The number of halogens is 4. The van der Waals surface area contributed by atoms with Crippen LogP contribution in [0.2, 0.25) is 5.02 Å². The Kier molecular flexibility index (Phi) is 10.1. The molecule has 0 spiro atoms. The first-order chi connectivity index (χ1) is 18.5. The van der Waals surface area contributed by atoms with Crippen molar-refractivity contribution in [3.05, 3.63) is 77.2 Å². The SMILES string of the molecule is CN(c1ccccc1C(=O)Nc1ccc(Cl)cn1)C1CCN(c2ccnc(CO)c2)CC1.O=C(O)C(F)(F)F. The van der Waals surface area contributed by atoms with E-state index in [2.05, 4.69) is 25.1 Å². The molecule has 0 aliphatic carbocycles. The largest absolute Gasteiger partial charge is 0.490 e. The number of benzene rings is 1. The van der Waals surface area contributed by atoms with Crippen LogP contribution in [-0.4, -0.2) is 64.4 Å². The van der Waals surface area contributed by atoms with Crippen molar-refractivity contribution in [1.29, 1.82) is 0 Å². The molecule has 2 aromatic heterocycles. The number of alkyl halides is 3. The Hall–Kier alpha value is -3.90. The van der Waals surface area contributed by atoms with Gasteiger partial charge in [-0.1, -0.05) is 23.7 Å². The summed E-state index contributed by atoms with van der Waals surface area (Å²) >= 11 is 5.88. The molecule has 0 bridgehead atoms. The highest BCUT2D eigenvalue weighted by Gasteiger charge is 2.38. The molecule has 1 aliphatic rings. The molecule has 3 N–H and O–H groups in total. The third-order valence-corrected chi connectivity index (χ3v) is 6.30. The van der Waals surface area contributed by atoms with Gasteiger partial charge < -0.3 is 25.3 Å². The molecule has 13 heteroatoms. The van der Waals surface area contributed by atoms with E-state index in [1.807, 2.05) is 43.4 Å². The molecule has 39 heavy (non-hydrogen) atoms. The number of piperidine rings is 1. The number of amides is 1. The average Bonchev–Trinajstić information content (AvgIpc) is 2.94. The zero-order chi connectivity index (χ0) is 28.6. The van der Waals surface area contributed by atoms with E-state index in [0.29, 0.717) is 28.1 Å². The van der Waals surface area contributed by atoms with Gasteiger partial charge in [-0.3, -0.25) is 9.78 Å². The molecule has 208 valence electrons. The van der Waals surface area contributed by atoms with Crippen molar-refractivity contribution in [3.8, 4) is 0 Å². The first-order valence-corrected chi connectivity index (χ1v) is 12.2. The third kappa shape index (κ3) is 8.29. The summed E-state index contributed by atoms with van der Waals surface area (Å²) in [5.41, 5.74) is 3.26. The summed E-state index contributed by atoms with van der Waals surface area (Å²) in [5.74, 6) is -2.50. The summed E-state index contributed by atoms with van der Waals surface area (Å²) in [7, 11) is 2.04. The first-order valence-electron chi connectivity index (χ1n) is 11.8. The van der Waals surface area contributed by atoms with Gasteiger partial charge in [0.1, 0.15) is 5.82 Å². The minimum atomic E-state index is -5.08. The van der Waals surface area contributed by atoms with Crippen LogP contribution < -0.4 is 15.1 Å². The van der Waals surface area contributed by atoms with Crippen LogP contribution in [0.1, 0.15) is 28.9 Å². The second-order valence-corrected chi connectivity index (χ2v) is 9.06. The summed E-state index contributed by atoms with van der Waals surface area (Å²) in [5, 5.41) is 19.8. The van der Waals surface area contributed by atoms with Gasteiger partial charge in [-0.2, -0.15) is 13.2 Å². The summed E-state index contributed by atoms with van der Waals surface area (Å²) in [6, 6.07) is 15.2. The second-order valence-electron chi connectivity index (χ2n) is 8.63. The maximum atomic E-state index is 13.0. The number of aliphatic hydroxyl groups excluding tert-OH is 1. The molecule has 4 rings (SSSR count). The fourth-order valence-corrected chi connectivity index (χ4v) is 4.18. The van der Waals surface area contributed by atoms with E-state index in [4.69, 9.17) is 21.5 Å². The zero-order valence-corrected chi connectivity index (χ0v) is 21.7. The summed E-state index contributed by atoms with van der Waals surface area (Å²) in [4.78, 5) is 34.7. The van der Waals surface area contributed by atoms with Crippen LogP contribution in [0.25, 0.3) is 0 Å². The Bertz CT molecular complexity index is 1270. The molecular weight excluding hydrogens is 539 g/mol. The van der Waals surface area contributed by atoms with E-state index in [1.54, 1.807) is 18.3 Å². The van der Waals surface area contributed by atoms with Gasteiger partial charge >= 0.3 is 12.1 Å². The number of aromatic nitrogens is 2. The van der Waals surface area contributed by atoms with Gasteiger partial charge in [0.05, 0.1) is 22.9 Å². The van der Waals surface area contributed by atoms with E-state index in [1.165, 1.54) is 6.20 Å². The molecule has 0 unspecified atom stereocenters. The minimum Gasteiger partial charge on any atom is -0.475 e. The van der Waals surface area contributed by atoms with Crippen molar-refractivity contribution in [2.45, 2.75) is 31.7 Å². The highest BCUT2D eigenvalue weighted by atomic mass is 35.5. The highest BCUT2D eigenvalue weighted by Crippen LogP contribution is 2.28. The van der Waals surface area contributed by atoms with Gasteiger partial charge in [-0.15, -0.1) is 0 Å². The number of aliphatic carboxylic acids is 1. The van der Waals surface area contributed by atoms with Crippen LogP contribution in [0.4, 0.5) is 30.4 Å². The normalized spacial score (nSPS) is 13.7. The Balaban J connectivity index is 0.000000532. The van der Waals surface area contributed by atoms with Gasteiger partial charge in [-0.05, 0) is 49.2 Å². The number of hydrogen-bond donors (Lipinski definition) is 3. The van der Waals surface area contributed by atoms with Crippen LogP contribution in [0.15, 0.2) is 60.9 Å². The van der Waals surface area contributed by atoms with Crippen LogP contribution in [0.3, 0.4) is 0 Å². The monoisotopic (exact) mass is 565 g/mol. The lowest BCUT2D eigenvalue weighted by Gasteiger charge is -2.39. The van der Waals surface area contributed by atoms with Gasteiger partial charge in [0.2, 0.25) is 0 Å². The Morgan fingerprint density at radius 3 is 2.38 bits per heavy atom. The second kappa shape index (κ2) is 13.3. The number of nitrogens with zero attached hydrogens (tertiary/aromatic N) is 4. The van der Waals surface area contributed by atoms with E-state index < -0.39 is 12.1 Å². The van der Waals surface area contributed by atoms with Crippen LogP contribution in [-0.2, 0) is 11.4 Å². The number of nitrogens with one attached hydrogen (secondary N) is 1. The van der Waals surface area contributed by atoms with Crippen LogP contribution >= 0.6 is 11.6 Å². The van der Waals surface area contributed by atoms with Gasteiger partial charge in [0.25, 0.3) is 5.91 Å². The number of carboxylic acid groups (broad SMARTS) is 1. The summed E-state index contributed by atoms with van der Waals surface area (Å²) in [6.45, 7) is 1.73. The standard InChI is InChI=1S/C24H26ClN5O2.C2HF3O2/c1-29(19-9-12-30(13-10-19)20-8-11-26-18(14-20)16-31)22-5-3-2-4-21(22)24(32)28-23-7-6-17(25)15-27-23;3-2(4,5)1(6)7/h2-8,11,14-15,19,31H,9-10,12-13,16H2,1H3,(H,27,28,32);(H,6,7). The van der Waals surface area contributed by atoms with Crippen molar-refractivity contribution < 1.29 is 33.0 Å². The van der Waals surface area contributed by atoms with Crippen molar-refractivity contribution in [2.24, 2.45) is 0 Å². The Labute approximate surface area is 227 Å². The molecule has 0 atom stereocenters. The predicted molar refractivity (Wildman–Crippen MR) is 141 cm³/mol. The van der Waals surface area contributed by atoms with E-state index >= 15 is 0 Å². The number of para-hydroxylation sites is 1. The highest BCUT2D eigenvalue weighted by molar-refractivity contribution is 6.30. The molecule has 0 saturated carbocycles. The maximum Gasteiger partial charge on any atom is 0.490 e. The number of aliphatic hydroxyl groups is 1. The smallest absolute Gasteiger partial charge is 0.475 e. The fraction of sp³-hybridized carbons (Fsp3) is 0.308. The average molecular weight is 566 g/mol. The van der Waals surface area contributed by atoms with E-state index in [0.717, 1.165) is 37.3 Å². The van der Waals surface area contributed by atoms with E-state index in [-0.39, 0.29) is 12.5 Å². The van der Waals surface area contributed by atoms with Crippen molar-refractivity contribution in [2.75, 3.05) is 35.3 Å². The molecule has 1 aromatic carbocycles. The summed E-state index contributed by atoms with van der Waals surface area (Å²) < 4.78 is 31.7. The number of pyridine rings is 2. The number of carboxylic acids is 1. The lowest BCUT2D eigenvalue weighted by Crippen LogP contribution is -2.44. The third-order valence-electron chi connectivity index (χ3n) is 6.08. The zero-order valence-electron chi connectivity index (χ0n) is 20.9. The van der Waals surface area contributed by atoms with Gasteiger partial charge in [-0.25, -0.2) is 9.78 Å². The lowest BCUT2D eigenvalue weighted by atomic mass is 10.0. The van der Waals surface area contributed by atoms with Crippen molar-refractivity contribution >= 4 is 40.7 Å². The first kappa shape index (κ1) is 29.7. The quantitative estimate of drug-likeness (QED) is 0.396. The van der Waals surface area contributed by atoms with Crippen molar-refractivity contribution in [1.82, 2.24) is 9.97 Å². The molecule has 9 nitrogen and oxygen atoms in total. The number of anilines is 3. The maximum absolute atomic E-state index is 13.0. The van der Waals surface area contributed by atoms with Crippen molar-refractivity contribution in [3.63, 3.8) is 0 Å². The topological polar surface area (TPSA) is 119 Å². The summed E-state index contributed by atoms with van der Waals surface area (Å²) in [6.07, 6.45) is 0.0860. The van der Waals surface area contributed by atoms with Gasteiger partial charge in [0.15, 0.2) is 0 Å². The number of carbonyl (C=O) groups excluding carboxylic acids is 1.